The van der Waals surface area contributed by atoms with E-state index in [1.165, 1.54) is 0 Å². The lowest BCUT2D eigenvalue weighted by molar-refractivity contribution is 0.429. The molecule has 1 N–H and O–H groups in total. The summed E-state index contributed by atoms with van der Waals surface area (Å²) in [5, 5.41) is 0. The van der Waals surface area contributed by atoms with Crippen molar-refractivity contribution in [2.75, 3.05) is 19.0 Å². The van der Waals surface area contributed by atoms with Crippen molar-refractivity contribution in [2.45, 2.75) is 38.1 Å². The van der Waals surface area contributed by atoms with Crippen LogP contribution in [-0.2, 0) is 10.2 Å². The van der Waals surface area contributed by atoms with Crippen molar-refractivity contribution in [3.8, 4) is 0 Å². The molecule has 2 unspecified atom stereocenters. The van der Waals surface area contributed by atoms with E-state index in [1.807, 2.05) is 0 Å². The second-order valence-corrected chi connectivity index (χ2v) is 6.69. The Morgan fingerprint density at radius 2 is 1.88 bits per heavy atom. The van der Waals surface area contributed by atoms with E-state index in [0.717, 1.165) is 32.1 Å². The molecule has 0 aromatic rings. The molecule has 2 rings (SSSR count). The van der Waals surface area contributed by atoms with E-state index in [-0.39, 0.29) is 6.04 Å². The highest BCUT2D eigenvalue weighted by molar-refractivity contribution is 7.87. The van der Waals surface area contributed by atoms with E-state index < -0.39 is 10.2 Å². The maximum absolute atomic E-state index is 12.0. The number of hydrogen-bond acceptors (Lipinski definition) is 2. The monoisotopic (exact) mass is 266 g/mol. The van der Waals surface area contributed by atoms with Crippen molar-refractivity contribution in [1.29, 1.82) is 0 Å². The predicted molar refractivity (Wildman–Crippen MR) is 64.7 cm³/mol. The van der Waals surface area contributed by atoms with Crippen molar-refractivity contribution in [2.24, 2.45) is 5.92 Å². The lowest BCUT2D eigenvalue weighted by Gasteiger charge is -2.23. The van der Waals surface area contributed by atoms with Crippen LogP contribution < -0.4 is 4.72 Å². The Balaban J connectivity index is 1.97. The van der Waals surface area contributed by atoms with Crippen LogP contribution in [0.25, 0.3) is 0 Å². The minimum Gasteiger partial charge on any atom is -0.199 e. The van der Waals surface area contributed by atoms with Gasteiger partial charge in [-0.1, -0.05) is 6.42 Å². The van der Waals surface area contributed by atoms with Crippen LogP contribution in [0, 0.1) is 5.92 Å². The number of hydrogen-bond donors (Lipinski definition) is 1. The van der Waals surface area contributed by atoms with Gasteiger partial charge in [-0.2, -0.15) is 17.4 Å². The molecular formula is C10H19ClN2O2S. The highest BCUT2D eigenvalue weighted by Crippen LogP contribution is 2.27. The van der Waals surface area contributed by atoms with Crippen LogP contribution in [0.4, 0.5) is 0 Å². The molecule has 0 radical (unpaired) electrons. The Morgan fingerprint density at radius 3 is 2.50 bits per heavy atom. The molecule has 16 heavy (non-hydrogen) atoms. The first kappa shape index (κ1) is 12.6. The van der Waals surface area contributed by atoms with Gasteiger partial charge < -0.3 is 0 Å². The van der Waals surface area contributed by atoms with Crippen LogP contribution >= 0.6 is 11.6 Å². The van der Waals surface area contributed by atoms with Crippen LogP contribution in [0.2, 0.25) is 0 Å². The van der Waals surface area contributed by atoms with Crippen molar-refractivity contribution in [1.82, 2.24) is 9.03 Å². The molecular weight excluding hydrogens is 248 g/mol. The predicted octanol–water partition coefficient (Wildman–Crippen LogP) is 1.32. The topological polar surface area (TPSA) is 49.4 Å². The summed E-state index contributed by atoms with van der Waals surface area (Å²) in [5.74, 6) is 0.853. The summed E-state index contributed by atoms with van der Waals surface area (Å²) in [6.07, 6.45) is 4.99. The van der Waals surface area contributed by atoms with Gasteiger partial charge in [0.15, 0.2) is 0 Å². The average molecular weight is 267 g/mol. The fourth-order valence-electron chi connectivity index (χ4n) is 2.57. The van der Waals surface area contributed by atoms with Crippen molar-refractivity contribution in [3.05, 3.63) is 0 Å². The van der Waals surface area contributed by atoms with Gasteiger partial charge in [0.1, 0.15) is 0 Å². The number of nitrogens with zero attached hydrogens (tertiary/aromatic N) is 1. The SMILES string of the molecule is O=S(=O)(NC1CCCC1CCl)N1CCCC1. The van der Waals surface area contributed by atoms with Crippen LogP contribution in [0.5, 0.6) is 0 Å². The molecule has 0 aromatic carbocycles. The molecule has 94 valence electrons. The molecule has 1 aliphatic heterocycles. The minimum atomic E-state index is -3.26. The average Bonchev–Trinajstić information content (AvgIpc) is 2.86. The second-order valence-electron chi connectivity index (χ2n) is 4.68. The van der Waals surface area contributed by atoms with E-state index in [2.05, 4.69) is 4.72 Å². The van der Waals surface area contributed by atoms with E-state index in [4.69, 9.17) is 11.6 Å². The summed E-state index contributed by atoms with van der Waals surface area (Å²) in [6.45, 7) is 1.32. The minimum absolute atomic E-state index is 0.0445. The van der Waals surface area contributed by atoms with Gasteiger partial charge in [0.05, 0.1) is 0 Å². The summed E-state index contributed by atoms with van der Waals surface area (Å²) in [7, 11) is -3.26. The van der Waals surface area contributed by atoms with Gasteiger partial charge in [-0.05, 0) is 31.6 Å². The Kier molecular flexibility index (Phi) is 4.11. The Morgan fingerprint density at radius 1 is 1.19 bits per heavy atom. The summed E-state index contributed by atoms with van der Waals surface area (Å²) >= 11 is 5.84. The lowest BCUT2D eigenvalue weighted by atomic mass is 10.1. The maximum atomic E-state index is 12.0. The number of halogens is 1. The van der Waals surface area contributed by atoms with E-state index in [1.54, 1.807) is 4.31 Å². The van der Waals surface area contributed by atoms with Crippen molar-refractivity contribution in [3.63, 3.8) is 0 Å². The fraction of sp³-hybridized carbons (Fsp3) is 1.00. The fourth-order valence-corrected chi connectivity index (χ4v) is 4.52. The van der Waals surface area contributed by atoms with Gasteiger partial charge in [-0.25, -0.2) is 0 Å². The summed E-state index contributed by atoms with van der Waals surface area (Å²) in [5.41, 5.74) is 0. The molecule has 1 saturated carbocycles. The van der Waals surface area contributed by atoms with Crippen LogP contribution in [-0.4, -0.2) is 37.7 Å². The summed E-state index contributed by atoms with van der Waals surface area (Å²) < 4.78 is 28.4. The van der Waals surface area contributed by atoms with Gasteiger partial charge in [0.25, 0.3) is 10.2 Å². The maximum Gasteiger partial charge on any atom is 0.279 e. The lowest BCUT2D eigenvalue weighted by Crippen LogP contribution is -2.45. The largest absolute Gasteiger partial charge is 0.279 e. The van der Waals surface area contributed by atoms with E-state index in [9.17, 15) is 8.42 Å². The molecule has 1 heterocycles. The third-order valence-corrected chi connectivity index (χ3v) is 5.60. The van der Waals surface area contributed by atoms with E-state index in [0.29, 0.717) is 24.9 Å². The third-order valence-electron chi connectivity index (χ3n) is 3.56. The first-order chi connectivity index (χ1) is 7.63. The van der Waals surface area contributed by atoms with Crippen molar-refractivity contribution >= 4 is 21.8 Å². The van der Waals surface area contributed by atoms with Crippen LogP contribution in [0.15, 0.2) is 0 Å². The van der Waals surface area contributed by atoms with Gasteiger partial charge >= 0.3 is 0 Å². The molecule has 2 atom stereocenters. The highest BCUT2D eigenvalue weighted by Gasteiger charge is 2.33. The standard InChI is InChI=1S/C10H19ClN2O2S/c11-8-9-4-3-5-10(9)12-16(14,15)13-6-1-2-7-13/h9-10,12H,1-8H2. The molecule has 0 spiro atoms. The first-order valence-electron chi connectivity index (χ1n) is 5.97. The smallest absolute Gasteiger partial charge is 0.199 e. The quantitative estimate of drug-likeness (QED) is 0.781. The molecule has 2 fully saturated rings. The van der Waals surface area contributed by atoms with Crippen LogP contribution in [0.3, 0.4) is 0 Å². The highest BCUT2D eigenvalue weighted by atomic mass is 35.5. The molecule has 0 aromatic heterocycles. The summed E-state index contributed by atoms with van der Waals surface area (Å²) in [6, 6.07) is 0.0445. The van der Waals surface area contributed by atoms with Crippen molar-refractivity contribution < 1.29 is 8.42 Å². The van der Waals surface area contributed by atoms with E-state index >= 15 is 0 Å². The van der Waals surface area contributed by atoms with Gasteiger partial charge in [0, 0.05) is 25.0 Å². The molecule has 4 nitrogen and oxygen atoms in total. The normalized spacial score (nSPS) is 32.3. The molecule has 2 aliphatic rings. The molecule has 6 heteroatoms. The Hall–Kier alpha value is 0.160. The zero-order valence-electron chi connectivity index (χ0n) is 9.36. The number of nitrogens with one attached hydrogen (secondary N) is 1. The number of rotatable bonds is 4. The van der Waals surface area contributed by atoms with Gasteiger partial charge in [-0.3, -0.25) is 0 Å². The zero-order valence-corrected chi connectivity index (χ0v) is 10.9. The second kappa shape index (κ2) is 5.21. The zero-order chi connectivity index (χ0) is 11.6. The third kappa shape index (κ3) is 2.70. The summed E-state index contributed by atoms with van der Waals surface area (Å²) in [4.78, 5) is 0. The Bertz CT molecular complexity index is 328. The molecule has 0 bridgehead atoms. The number of alkyl halides is 1. The van der Waals surface area contributed by atoms with Gasteiger partial charge in [0.2, 0.25) is 0 Å². The molecule has 1 aliphatic carbocycles. The van der Waals surface area contributed by atoms with Gasteiger partial charge in [-0.15, -0.1) is 11.6 Å². The molecule has 0 amide bonds. The van der Waals surface area contributed by atoms with Crippen LogP contribution in [0.1, 0.15) is 32.1 Å². The Labute approximate surface area is 103 Å². The first-order valence-corrected chi connectivity index (χ1v) is 7.94. The molecule has 1 saturated heterocycles.